The molecule has 196 valence electrons. The summed E-state index contributed by atoms with van der Waals surface area (Å²) in [6.07, 6.45) is -0.336. The van der Waals surface area contributed by atoms with Gasteiger partial charge in [0.2, 0.25) is 15.9 Å². The van der Waals surface area contributed by atoms with Crippen molar-refractivity contribution in [3.8, 4) is 5.75 Å². The Bertz CT molecular complexity index is 1170. The number of carbonyl (C=O) groups excluding carboxylic acids is 1. The highest BCUT2D eigenvalue weighted by atomic mass is 35.5. The van der Waals surface area contributed by atoms with E-state index in [1.807, 2.05) is 0 Å². The summed E-state index contributed by atoms with van der Waals surface area (Å²) in [5.41, 5.74) is -0.809. The molecular weight excluding hydrogens is 511 g/mol. The lowest BCUT2D eigenvalue weighted by Crippen LogP contribution is -2.55. The Morgan fingerprint density at radius 3 is 2.39 bits per heavy atom. The fraction of sp³-hybridized carbons (Fsp3) is 0.440. The van der Waals surface area contributed by atoms with Gasteiger partial charge in [0.05, 0.1) is 23.1 Å². The molecule has 1 heterocycles. The first-order chi connectivity index (χ1) is 16.9. The molecule has 36 heavy (non-hydrogen) atoms. The van der Waals surface area contributed by atoms with Crippen molar-refractivity contribution in [3.63, 3.8) is 0 Å². The minimum Gasteiger partial charge on any atom is -0.494 e. The topological polar surface area (TPSA) is 113 Å². The lowest BCUT2D eigenvalue weighted by atomic mass is 9.86. The van der Waals surface area contributed by atoms with Gasteiger partial charge < -0.3 is 15.2 Å². The summed E-state index contributed by atoms with van der Waals surface area (Å²) < 4.78 is 47.4. The maximum Gasteiger partial charge on any atom is 0.335 e. The van der Waals surface area contributed by atoms with Gasteiger partial charge in [-0.15, -0.1) is 0 Å². The van der Waals surface area contributed by atoms with E-state index in [4.69, 9.17) is 21.4 Å². The number of benzene rings is 2. The molecular formula is C25H30ClFN2O6S. The van der Waals surface area contributed by atoms with Crippen LogP contribution in [0, 0.1) is 5.41 Å². The van der Waals surface area contributed by atoms with Crippen LogP contribution in [0.15, 0.2) is 53.4 Å². The summed E-state index contributed by atoms with van der Waals surface area (Å²) >= 11 is 5.85. The SMILES string of the molecule is CC(C)(CCCOc1ccc(Cl)cc1)C(=O)N[C@@H]1CCN(S(=O)(=O)c2ccc(C(=O)O)cc2)C[C@H]1F. The number of carbonyl (C=O) groups is 2. The van der Waals surface area contributed by atoms with E-state index in [2.05, 4.69) is 5.32 Å². The van der Waals surface area contributed by atoms with E-state index in [0.717, 1.165) is 4.31 Å². The van der Waals surface area contributed by atoms with Crippen molar-refractivity contribution in [2.45, 2.75) is 50.2 Å². The highest BCUT2D eigenvalue weighted by Gasteiger charge is 2.38. The molecule has 0 unspecified atom stereocenters. The van der Waals surface area contributed by atoms with Gasteiger partial charge in [0.15, 0.2) is 0 Å². The van der Waals surface area contributed by atoms with E-state index in [1.165, 1.54) is 24.3 Å². The van der Waals surface area contributed by atoms with Gasteiger partial charge in [0.1, 0.15) is 11.9 Å². The average molecular weight is 541 g/mol. The van der Waals surface area contributed by atoms with Crippen LogP contribution in [0.2, 0.25) is 5.02 Å². The molecule has 0 aromatic heterocycles. The Morgan fingerprint density at radius 2 is 1.81 bits per heavy atom. The third-order valence-corrected chi connectivity index (χ3v) is 8.33. The van der Waals surface area contributed by atoms with E-state index in [9.17, 15) is 22.4 Å². The van der Waals surface area contributed by atoms with Crippen molar-refractivity contribution >= 4 is 33.5 Å². The van der Waals surface area contributed by atoms with Gasteiger partial charge in [0.25, 0.3) is 0 Å². The minimum atomic E-state index is -3.99. The molecule has 2 aromatic carbocycles. The number of carboxylic acids is 1. The number of hydrogen-bond acceptors (Lipinski definition) is 5. The maximum atomic E-state index is 15.0. The highest BCUT2D eigenvalue weighted by Crippen LogP contribution is 2.27. The molecule has 1 aliphatic rings. The highest BCUT2D eigenvalue weighted by molar-refractivity contribution is 7.89. The average Bonchev–Trinajstić information content (AvgIpc) is 2.84. The number of carboxylic acid groups (broad SMARTS) is 1. The zero-order chi connectivity index (χ0) is 26.5. The zero-order valence-corrected chi connectivity index (χ0v) is 21.7. The van der Waals surface area contributed by atoms with Gasteiger partial charge in [-0.05, 0) is 67.8 Å². The number of hydrogen-bond donors (Lipinski definition) is 2. The number of nitrogens with zero attached hydrogens (tertiary/aromatic N) is 1. The van der Waals surface area contributed by atoms with Crippen LogP contribution >= 0.6 is 11.6 Å². The second-order valence-electron chi connectivity index (χ2n) is 9.37. The van der Waals surface area contributed by atoms with Crippen LogP contribution in [0.5, 0.6) is 5.75 Å². The predicted molar refractivity (Wildman–Crippen MR) is 134 cm³/mol. The van der Waals surface area contributed by atoms with Crippen LogP contribution in [-0.2, 0) is 14.8 Å². The smallest absolute Gasteiger partial charge is 0.335 e. The van der Waals surface area contributed by atoms with Crippen LogP contribution in [0.3, 0.4) is 0 Å². The van der Waals surface area contributed by atoms with Gasteiger partial charge >= 0.3 is 5.97 Å². The lowest BCUT2D eigenvalue weighted by molar-refractivity contribution is -0.131. The third-order valence-electron chi connectivity index (χ3n) is 6.20. The number of aromatic carboxylic acids is 1. The molecule has 0 radical (unpaired) electrons. The number of ether oxygens (including phenoxy) is 1. The summed E-state index contributed by atoms with van der Waals surface area (Å²) in [4.78, 5) is 23.7. The largest absolute Gasteiger partial charge is 0.494 e. The normalized spacial score (nSPS) is 19.0. The first kappa shape index (κ1) is 27.9. The Morgan fingerprint density at radius 1 is 1.17 bits per heavy atom. The fourth-order valence-electron chi connectivity index (χ4n) is 3.89. The first-order valence-electron chi connectivity index (χ1n) is 11.6. The lowest BCUT2D eigenvalue weighted by Gasteiger charge is -2.36. The van der Waals surface area contributed by atoms with E-state index < -0.39 is 40.2 Å². The molecule has 1 aliphatic heterocycles. The molecule has 2 aromatic rings. The van der Waals surface area contributed by atoms with Crippen molar-refractivity contribution in [2.24, 2.45) is 5.41 Å². The van der Waals surface area contributed by atoms with Crippen LogP contribution in [0.25, 0.3) is 0 Å². The molecule has 0 aliphatic carbocycles. The van der Waals surface area contributed by atoms with Gasteiger partial charge in [-0.1, -0.05) is 25.4 Å². The fourth-order valence-corrected chi connectivity index (χ4v) is 5.48. The number of nitrogens with one attached hydrogen (secondary N) is 1. The van der Waals surface area contributed by atoms with E-state index in [1.54, 1.807) is 38.1 Å². The molecule has 1 amide bonds. The molecule has 11 heteroatoms. The molecule has 2 N–H and O–H groups in total. The number of piperidine rings is 1. The second kappa shape index (κ2) is 11.6. The summed E-state index contributed by atoms with van der Waals surface area (Å²) in [5, 5.41) is 12.3. The standard InChI is InChI=1S/C25H30ClFN2O6S/c1-25(2,13-3-15-35-19-8-6-18(26)7-9-19)24(32)28-22-12-14-29(16-21(22)27)36(33,34)20-10-4-17(5-11-20)23(30)31/h4-11,21-22H,3,12-16H2,1-2H3,(H,28,32)(H,30,31)/t21-,22-/m1/s1. The maximum absolute atomic E-state index is 15.0. The molecule has 8 nitrogen and oxygen atoms in total. The number of rotatable bonds is 10. The Labute approximate surface area is 215 Å². The number of sulfonamides is 1. The van der Waals surface area contributed by atoms with Crippen LogP contribution < -0.4 is 10.1 Å². The van der Waals surface area contributed by atoms with Crippen molar-refractivity contribution in [2.75, 3.05) is 19.7 Å². The summed E-state index contributed by atoms with van der Waals surface area (Å²) in [6, 6.07) is 11.0. The molecule has 3 rings (SSSR count). The van der Waals surface area contributed by atoms with Crippen LogP contribution in [0.4, 0.5) is 4.39 Å². The minimum absolute atomic E-state index is 0.0315. The van der Waals surface area contributed by atoms with E-state index in [0.29, 0.717) is 30.2 Å². The van der Waals surface area contributed by atoms with E-state index >= 15 is 0 Å². The number of halogens is 2. The predicted octanol–water partition coefficient (Wildman–Crippen LogP) is 4.14. The zero-order valence-electron chi connectivity index (χ0n) is 20.1. The van der Waals surface area contributed by atoms with E-state index in [-0.39, 0.29) is 29.3 Å². The first-order valence-corrected chi connectivity index (χ1v) is 13.4. The summed E-state index contributed by atoms with van der Waals surface area (Å²) in [6.45, 7) is 3.59. The Balaban J connectivity index is 1.50. The van der Waals surface area contributed by atoms with Crippen molar-refractivity contribution in [1.29, 1.82) is 0 Å². The second-order valence-corrected chi connectivity index (χ2v) is 11.7. The van der Waals surface area contributed by atoms with Crippen molar-refractivity contribution in [1.82, 2.24) is 9.62 Å². The van der Waals surface area contributed by atoms with Gasteiger partial charge in [-0.2, -0.15) is 4.31 Å². The molecule has 0 spiro atoms. The van der Waals surface area contributed by atoms with Crippen LogP contribution in [0.1, 0.15) is 43.5 Å². The number of amides is 1. The molecule has 2 atom stereocenters. The van der Waals surface area contributed by atoms with Crippen molar-refractivity contribution < 1.29 is 32.2 Å². The molecule has 0 bridgehead atoms. The number of alkyl halides is 1. The molecule has 1 saturated heterocycles. The van der Waals surface area contributed by atoms with Crippen LogP contribution in [-0.4, -0.2) is 61.6 Å². The summed E-state index contributed by atoms with van der Waals surface area (Å²) in [7, 11) is -3.99. The van der Waals surface area contributed by atoms with Gasteiger partial charge in [-0.3, -0.25) is 4.79 Å². The Hall–Kier alpha value is -2.69. The Kier molecular flexibility index (Phi) is 8.97. The van der Waals surface area contributed by atoms with Gasteiger partial charge in [0, 0.05) is 23.5 Å². The molecule has 0 saturated carbocycles. The third kappa shape index (κ3) is 6.96. The molecule has 1 fully saturated rings. The monoisotopic (exact) mass is 540 g/mol. The quantitative estimate of drug-likeness (QED) is 0.438. The summed E-state index contributed by atoms with van der Waals surface area (Å²) in [5.74, 6) is -0.792. The van der Waals surface area contributed by atoms with Crippen molar-refractivity contribution in [3.05, 3.63) is 59.1 Å². The van der Waals surface area contributed by atoms with Gasteiger partial charge in [-0.25, -0.2) is 17.6 Å².